The fraction of sp³-hybridized carbons (Fsp3) is 0.368. The summed E-state index contributed by atoms with van der Waals surface area (Å²) in [6, 6.07) is 9.53. The van der Waals surface area contributed by atoms with Gasteiger partial charge in [0.15, 0.2) is 0 Å². The monoisotopic (exact) mass is 358 g/mol. The standard InChI is InChI=1S/C19H23ClN4O/c1-14-13-21-8-7-18(14)23-9-11-24(12-10-23)19(25)22-15(2)16-3-5-17(20)6-4-16/h3-8,13,15H,9-12H2,1-2H3,(H,22,25)/t15-/m1/s1. The number of urea groups is 1. The smallest absolute Gasteiger partial charge is 0.317 e. The lowest BCUT2D eigenvalue weighted by Crippen LogP contribution is -2.52. The number of rotatable bonds is 3. The molecule has 0 saturated carbocycles. The normalized spacial score (nSPS) is 15.8. The summed E-state index contributed by atoms with van der Waals surface area (Å²) < 4.78 is 0. The second-order valence-corrected chi connectivity index (χ2v) is 6.80. The van der Waals surface area contributed by atoms with E-state index in [1.54, 1.807) is 0 Å². The van der Waals surface area contributed by atoms with Crippen LogP contribution in [-0.2, 0) is 0 Å². The number of halogens is 1. The molecule has 25 heavy (non-hydrogen) atoms. The molecule has 3 rings (SSSR count). The maximum absolute atomic E-state index is 12.5. The number of piperazine rings is 1. The molecule has 1 aromatic heterocycles. The third kappa shape index (κ3) is 4.23. The first-order valence-electron chi connectivity index (χ1n) is 8.51. The van der Waals surface area contributed by atoms with Gasteiger partial charge in [0.1, 0.15) is 0 Å². The largest absolute Gasteiger partial charge is 0.368 e. The van der Waals surface area contributed by atoms with Gasteiger partial charge in [-0.3, -0.25) is 4.98 Å². The second-order valence-electron chi connectivity index (χ2n) is 6.36. The van der Waals surface area contributed by atoms with Crippen LogP contribution < -0.4 is 10.2 Å². The zero-order valence-electron chi connectivity index (χ0n) is 14.6. The van der Waals surface area contributed by atoms with Crippen LogP contribution in [0, 0.1) is 6.92 Å². The van der Waals surface area contributed by atoms with E-state index in [1.807, 2.05) is 54.5 Å². The van der Waals surface area contributed by atoms with Gasteiger partial charge in [-0.05, 0) is 43.2 Å². The Labute approximate surface area is 153 Å². The highest BCUT2D eigenvalue weighted by molar-refractivity contribution is 6.30. The third-order valence-corrected chi connectivity index (χ3v) is 4.86. The lowest BCUT2D eigenvalue weighted by molar-refractivity contribution is 0.191. The van der Waals surface area contributed by atoms with Crippen molar-refractivity contribution in [1.82, 2.24) is 15.2 Å². The van der Waals surface area contributed by atoms with Crippen molar-refractivity contribution < 1.29 is 4.79 Å². The van der Waals surface area contributed by atoms with E-state index < -0.39 is 0 Å². The van der Waals surface area contributed by atoms with E-state index >= 15 is 0 Å². The zero-order chi connectivity index (χ0) is 17.8. The minimum atomic E-state index is -0.0507. The van der Waals surface area contributed by atoms with Gasteiger partial charge in [0.05, 0.1) is 6.04 Å². The third-order valence-electron chi connectivity index (χ3n) is 4.61. The number of amides is 2. The molecule has 0 spiro atoms. The summed E-state index contributed by atoms with van der Waals surface area (Å²) in [5, 5.41) is 3.77. The first-order valence-corrected chi connectivity index (χ1v) is 8.89. The maximum Gasteiger partial charge on any atom is 0.317 e. The van der Waals surface area contributed by atoms with E-state index in [4.69, 9.17) is 11.6 Å². The Morgan fingerprint density at radius 1 is 1.16 bits per heavy atom. The number of hydrogen-bond donors (Lipinski definition) is 1. The first-order chi connectivity index (χ1) is 12.0. The van der Waals surface area contributed by atoms with E-state index in [2.05, 4.69) is 22.1 Å². The van der Waals surface area contributed by atoms with Gasteiger partial charge in [-0.1, -0.05) is 23.7 Å². The van der Waals surface area contributed by atoms with Gasteiger partial charge in [0.25, 0.3) is 0 Å². The molecule has 5 nitrogen and oxygen atoms in total. The molecule has 1 aromatic carbocycles. The quantitative estimate of drug-likeness (QED) is 0.911. The van der Waals surface area contributed by atoms with Gasteiger partial charge in [0.2, 0.25) is 0 Å². The minimum absolute atomic E-state index is 0.0199. The molecule has 0 aliphatic carbocycles. The molecule has 1 saturated heterocycles. The number of carbonyl (C=O) groups excluding carboxylic acids is 1. The molecule has 1 N–H and O–H groups in total. The van der Waals surface area contributed by atoms with Crippen molar-refractivity contribution in [2.45, 2.75) is 19.9 Å². The molecule has 6 heteroatoms. The number of aryl methyl sites for hydroxylation is 1. The number of aromatic nitrogens is 1. The fourth-order valence-electron chi connectivity index (χ4n) is 3.08. The predicted octanol–water partition coefficient (Wildman–Crippen LogP) is 3.64. The highest BCUT2D eigenvalue weighted by Gasteiger charge is 2.23. The van der Waals surface area contributed by atoms with Crippen LogP contribution in [0.4, 0.5) is 10.5 Å². The van der Waals surface area contributed by atoms with Gasteiger partial charge < -0.3 is 15.1 Å². The molecule has 1 aliphatic heterocycles. The lowest BCUT2D eigenvalue weighted by Gasteiger charge is -2.37. The summed E-state index contributed by atoms with van der Waals surface area (Å²) in [6.07, 6.45) is 3.69. The van der Waals surface area contributed by atoms with E-state index in [0.29, 0.717) is 18.1 Å². The molecule has 0 unspecified atom stereocenters. The zero-order valence-corrected chi connectivity index (χ0v) is 15.3. The van der Waals surface area contributed by atoms with Crippen LogP contribution in [0.5, 0.6) is 0 Å². The van der Waals surface area contributed by atoms with Crippen LogP contribution in [0.25, 0.3) is 0 Å². The summed E-state index contributed by atoms with van der Waals surface area (Å²) >= 11 is 5.91. The van der Waals surface area contributed by atoms with Crippen molar-refractivity contribution in [1.29, 1.82) is 0 Å². The maximum atomic E-state index is 12.5. The van der Waals surface area contributed by atoms with Crippen LogP contribution in [0.1, 0.15) is 24.1 Å². The number of hydrogen-bond acceptors (Lipinski definition) is 3. The van der Waals surface area contributed by atoms with Crippen molar-refractivity contribution in [2.24, 2.45) is 0 Å². The molecule has 2 heterocycles. The van der Waals surface area contributed by atoms with Gasteiger partial charge >= 0.3 is 6.03 Å². The molecule has 1 atom stereocenters. The molecule has 1 aliphatic rings. The van der Waals surface area contributed by atoms with Crippen LogP contribution in [0.3, 0.4) is 0 Å². The molecule has 2 amide bonds. The Hall–Kier alpha value is -2.27. The Kier molecular flexibility index (Phi) is 5.43. The Balaban J connectivity index is 1.55. The van der Waals surface area contributed by atoms with Gasteiger partial charge in [-0.25, -0.2) is 4.79 Å². The summed E-state index contributed by atoms with van der Waals surface area (Å²) in [4.78, 5) is 20.8. The van der Waals surface area contributed by atoms with Crippen molar-refractivity contribution in [3.8, 4) is 0 Å². The Morgan fingerprint density at radius 3 is 2.48 bits per heavy atom. The van der Waals surface area contributed by atoms with Crippen LogP contribution in [0.2, 0.25) is 5.02 Å². The number of anilines is 1. The summed E-state index contributed by atoms with van der Waals surface area (Å²) in [5.74, 6) is 0. The summed E-state index contributed by atoms with van der Waals surface area (Å²) in [5.41, 5.74) is 3.41. The number of nitrogens with zero attached hydrogens (tertiary/aromatic N) is 3. The van der Waals surface area contributed by atoms with Crippen molar-refractivity contribution in [2.75, 3.05) is 31.1 Å². The molecule has 2 aromatic rings. The van der Waals surface area contributed by atoms with Crippen molar-refractivity contribution >= 4 is 23.3 Å². The van der Waals surface area contributed by atoms with Crippen molar-refractivity contribution in [3.63, 3.8) is 0 Å². The fourth-order valence-corrected chi connectivity index (χ4v) is 3.21. The molecule has 0 radical (unpaired) electrons. The summed E-state index contributed by atoms with van der Waals surface area (Å²) in [7, 11) is 0. The minimum Gasteiger partial charge on any atom is -0.368 e. The predicted molar refractivity (Wildman–Crippen MR) is 101 cm³/mol. The molecule has 1 fully saturated rings. The van der Waals surface area contributed by atoms with Crippen LogP contribution in [-0.4, -0.2) is 42.1 Å². The number of pyridine rings is 1. The SMILES string of the molecule is Cc1cnccc1N1CCN(C(=O)N[C@H](C)c2ccc(Cl)cc2)CC1. The van der Waals surface area contributed by atoms with Crippen LogP contribution >= 0.6 is 11.6 Å². The second kappa shape index (κ2) is 7.74. The Morgan fingerprint density at radius 2 is 1.84 bits per heavy atom. The number of nitrogens with one attached hydrogen (secondary N) is 1. The van der Waals surface area contributed by atoms with Crippen LogP contribution in [0.15, 0.2) is 42.7 Å². The highest BCUT2D eigenvalue weighted by Crippen LogP contribution is 2.20. The van der Waals surface area contributed by atoms with E-state index in [9.17, 15) is 4.79 Å². The highest BCUT2D eigenvalue weighted by atomic mass is 35.5. The van der Waals surface area contributed by atoms with E-state index in [-0.39, 0.29) is 12.1 Å². The Bertz CT molecular complexity index is 726. The molecule has 132 valence electrons. The average molecular weight is 359 g/mol. The molecular weight excluding hydrogens is 336 g/mol. The topological polar surface area (TPSA) is 48.5 Å². The molecular formula is C19H23ClN4O. The first kappa shape index (κ1) is 17.5. The lowest BCUT2D eigenvalue weighted by atomic mass is 10.1. The van der Waals surface area contributed by atoms with Gasteiger partial charge in [-0.2, -0.15) is 0 Å². The van der Waals surface area contributed by atoms with Gasteiger partial charge in [-0.15, -0.1) is 0 Å². The molecule has 0 bridgehead atoms. The number of benzene rings is 1. The average Bonchev–Trinajstić information content (AvgIpc) is 2.63. The number of carbonyl (C=O) groups is 1. The van der Waals surface area contributed by atoms with E-state index in [1.165, 1.54) is 5.69 Å². The van der Waals surface area contributed by atoms with Gasteiger partial charge in [0, 0.05) is 49.3 Å². The summed E-state index contributed by atoms with van der Waals surface area (Å²) in [6.45, 7) is 7.12. The van der Waals surface area contributed by atoms with E-state index in [0.717, 1.165) is 24.2 Å². The van der Waals surface area contributed by atoms with Crippen molar-refractivity contribution in [3.05, 3.63) is 58.9 Å².